The molecule has 0 aliphatic rings. The van der Waals surface area contributed by atoms with Crippen LogP contribution in [0.3, 0.4) is 0 Å². The van der Waals surface area contributed by atoms with Crippen LogP contribution in [0.1, 0.15) is 36.8 Å². The highest BCUT2D eigenvalue weighted by Gasteiger charge is 2.04. The highest BCUT2D eigenvalue weighted by molar-refractivity contribution is 9.10. The lowest BCUT2D eigenvalue weighted by Crippen LogP contribution is -2.00. The summed E-state index contributed by atoms with van der Waals surface area (Å²) in [5.74, 6) is 1.52. The molecule has 134 valence electrons. The Morgan fingerprint density at radius 1 is 0.692 bits per heavy atom. The Kier molecular flexibility index (Phi) is 8.47. The average Bonchev–Trinajstić information content (AvgIpc) is 2.65. The Morgan fingerprint density at radius 3 is 1.46 bits per heavy atom. The van der Waals surface area contributed by atoms with E-state index in [2.05, 4.69) is 44.0 Å². The van der Waals surface area contributed by atoms with E-state index in [1.54, 1.807) is 24.3 Å². The zero-order chi connectivity index (χ0) is 18.8. The summed E-state index contributed by atoms with van der Waals surface area (Å²) in [6.07, 6.45) is 4.05. The van der Waals surface area contributed by atoms with Crippen LogP contribution in [0.15, 0.2) is 45.3 Å². The molecule has 0 aliphatic carbocycles. The first kappa shape index (κ1) is 20.3. The molecular formula is C20H18Br2N2O2. The maximum absolute atomic E-state index is 8.84. The largest absolute Gasteiger partial charge is 0.492 e. The number of halogens is 2. The molecule has 0 N–H and O–H groups in total. The fourth-order valence-electron chi connectivity index (χ4n) is 2.30. The third-order valence-corrected chi connectivity index (χ3v) is 4.92. The van der Waals surface area contributed by atoms with Crippen molar-refractivity contribution in [1.29, 1.82) is 10.5 Å². The van der Waals surface area contributed by atoms with Crippen molar-refractivity contribution in [2.75, 3.05) is 13.2 Å². The molecule has 0 aliphatic heterocycles. The molecule has 2 aromatic rings. The van der Waals surface area contributed by atoms with Gasteiger partial charge in [0.05, 0.1) is 45.4 Å². The summed E-state index contributed by atoms with van der Waals surface area (Å²) < 4.78 is 13.1. The van der Waals surface area contributed by atoms with Crippen molar-refractivity contribution in [2.24, 2.45) is 0 Å². The fraction of sp³-hybridized carbons (Fsp3) is 0.300. The molecular weight excluding hydrogens is 460 g/mol. The first-order valence-electron chi connectivity index (χ1n) is 8.29. The third-order valence-electron chi connectivity index (χ3n) is 3.68. The Balaban J connectivity index is 1.59. The van der Waals surface area contributed by atoms with Crippen molar-refractivity contribution in [2.45, 2.75) is 25.7 Å². The highest BCUT2D eigenvalue weighted by atomic mass is 79.9. The standard InChI is InChI=1S/C20H18Br2N2O2/c21-17-11-15(13-23)5-7-19(17)25-9-3-1-2-4-10-26-20-8-6-16(14-24)12-18(20)22/h5-8,11-12H,1-4,9-10H2. The van der Waals surface area contributed by atoms with Crippen LogP contribution in [-0.4, -0.2) is 13.2 Å². The van der Waals surface area contributed by atoms with Gasteiger partial charge in [-0.3, -0.25) is 0 Å². The molecule has 0 saturated carbocycles. The van der Waals surface area contributed by atoms with E-state index in [-0.39, 0.29) is 0 Å². The second kappa shape index (κ2) is 10.9. The van der Waals surface area contributed by atoms with Crippen molar-refractivity contribution in [3.05, 3.63) is 56.5 Å². The van der Waals surface area contributed by atoms with Crippen molar-refractivity contribution in [3.63, 3.8) is 0 Å². The van der Waals surface area contributed by atoms with E-state index >= 15 is 0 Å². The van der Waals surface area contributed by atoms with Crippen LogP contribution >= 0.6 is 31.9 Å². The zero-order valence-electron chi connectivity index (χ0n) is 14.2. The second-order valence-electron chi connectivity index (χ2n) is 5.63. The van der Waals surface area contributed by atoms with Crippen LogP contribution in [0.25, 0.3) is 0 Å². The number of nitriles is 2. The number of unbranched alkanes of at least 4 members (excludes halogenated alkanes) is 3. The summed E-state index contributed by atoms with van der Waals surface area (Å²) in [7, 11) is 0. The minimum Gasteiger partial charge on any atom is -0.492 e. The number of ether oxygens (including phenoxy) is 2. The van der Waals surface area contributed by atoms with Gasteiger partial charge in [-0.2, -0.15) is 10.5 Å². The molecule has 2 aromatic carbocycles. The van der Waals surface area contributed by atoms with E-state index in [1.165, 1.54) is 0 Å². The van der Waals surface area contributed by atoms with Crippen LogP contribution in [0.2, 0.25) is 0 Å². The van der Waals surface area contributed by atoms with Gasteiger partial charge in [0.15, 0.2) is 0 Å². The van der Waals surface area contributed by atoms with E-state index < -0.39 is 0 Å². The van der Waals surface area contributed by atoms with Gasteiger partial charge < -0.3 is 9.47 Å². The molecule has 0 aromatic heterocycles. The lowest BCUT2D eigenvalue weighted by Gasteiger charge is -2.09. The SMILES string of the molecule is N#Cc1ccc(OCCCCCCOc2ccc(C#N)cc2Br)c(Br)c1. The highest BCUT2D eigenvalue weighted by Crippen LogP contribution is 2.27. The molecule has 6 heteroatoms. The van der Waals surface area contributed by atoms with Gasteiger partial charge in [0, 0.05) is 0 Å². The number of hydrogen-bond donors (Lipinski definition) is 0. The van der Waals surface area contributed by atoms with E-state index in [4.69, 9.17) is 20.0 Å². The Morgan fingerprint density at radius 2 is 1.12 bits per heavy atom. The monoisotopic (exact) mass is 476 g/mol. The molecule has 0 heterocycles. The summed E-state index contributed by atoms with van der Waals surface area (Å²) in [4.78, 5) is 0. The van der Waals surface area contributed by atoms with Crippen molar-refractivity contribution < 1.29 is 9.47 Å². The van der Waals surface area contributed by atoms with Gasteiger partial charge in [0.1, 0.15) is 11.5 Å². The smallest absolute Gasteiger partial charge is 0.133 e. The van der Waals surface area contributed by atoms with Crippen molar-refractivity contribution >= 4 is 31.9 Å². The van der Waals surface area contributed by atoms with Gasteiger partial charge in [-0.15, -0.1) is 0 Å². The molecule has 26 heavy (non-hydrogen) atoms. The van der Waals surface area contributed by atoms with Crippen LogP contribution < -0.4 is 9.47 Å². The van der Waals surface area contributed by atoms with Gasteiger partial charge in [0.25, 0.3) is 0 Å². The Hall–Kier alpha value is -2.02. The zero-order valence-corrected chi connectivity index (χ0v) is 17.3. The lowest BCUT2D eigenvalue weighted by molar-refractivity contribution is 0.286. The maximum Gasteiger partial charge on any atom is 0.133 e. The third kappa shape index (κ3) is 6.37. The van der Waals surface area contributed by atoms with E-state index in [1.807, 2.05) is 12.1 Å². The van der Waals surface area contributed by atoms with Gasteiger partial charge in [-0.25, -0.2) is 0 Å². The van der Waals surface area contributed by atoms with E-state index in [9.17, 15) is 0 Å². The summed E-state index contributed by atoms with van der Waals surface area (Å²) in [6.45, 7) is 1.29. The summed E-state index contributed by atoms with van der Waals surface area (Å²) in [6, 6.07) is 14.8. The van der Waals surface area contributed by atoms with Gasteiger partial charge in [0.2, 0.25) is 0 Å². The van der Waals surface area contributed by atoms with Gasteiger partial charge in [-0.1, -0.05) is 0 Å². The van der Waals surface area contributed by atoms with Crippen molar-refractivity contribution in [3.8, 4) is 23.6 Å². The molecule has 0 spiro atoms. The minimum atomic E-state index is 0.609. The van der Waals surface area contributed by atoms with Gasteiger partial charge >= 0.3 is 0 Å². The van der Waals surface area contributed by atoms with Crippen LogP contribution in [0.4, 0.5) is 0 Å². The quantitative estimate of drug-likeness (QED) is 0.417. The van der Waals surface area contributed by atoms with Crippen LogP contribution in [-0.2, 0) is 0 Å². The molecule has 0 bridgehead atoms. The molecule has 0 saturated heterocycles. The van der Waals surface area contributed by atoms with Crippen molar-refractivity contribution in [1.82, 2.24) is 0 Å². The molecule has 0 unspecified atom stereocenters. The fourth-order valence-corrected chi connectivity index (χ4v) is 3.28. The summed E-state index contributed by atoms with van der Waals surface area (Å²) in [5.41, 5.74) is 1.22. The number of rotatable bonds is 9. The Bertz CT molecular complexity index is 756. The van der Waals surface area contributed by atoms with Gasteiger partial charge in [-0.05, 0) is 93.9 Å². The predicted molar refractivity (Wildman–Crippen MR) is 107 cm³/mol. The summed E-state index contributed by atoms with van der Waals surface area (Å²) >= 11 is 6.83. The normalized spacial score (nSPS) is 10.0. The average molecular weight is 478 g/mol. The molecule has 0 radical (unpaired) electrons. The number of benzene rings is 2. The van der Waals surface area contributed by atoms with E-state index in [0.717, 1.165) is 46.1 Å². The second-order valence-corrected chi connectivity index (χ2v) is 7.33. The molecule has 2 rings (SSSR count). The maximum atomic E-state index is 8.84. The first-order valence-corrected chi connectivity index (χ1v) is 9.87. The molecule has 0 amide bonds. The lowest BCUT2D eigenvalue weighted by atomic mass is 10.2. The van der Waals surface area contributed by atoms with E-state index in [0.29, 0.717) is 24.3 Å². The molecule has 0 fully saturated rings. The Labute approximate surface area is 170 Å². The first-order chi connectivity index (χ1) is 12.6. The van der Waals surface area contributed by atoms with Crippen LogP contribution in [0.5, 0.6) is 11.5 Å². The molecule has 0 atom stereocenters. The topological polar surface area (TPSA) is 66.0 Å². The van der Waals surface area contributed by atoms with Crippen LogP contribution in [0, 0.1) is 22.7 Å². The molecule has 4 nitrogen and oxygen atoms in total. The number of hydrogen-bond acceptors (Lipinski definition) is 4. The summed E-state index contributed by atoms with van der Waals surface area (Å²) in [5, 5.41) is 17.7. The predicted octanol–water partition coefficient (Wildman–Crippen LogP) is 5.97. The number of nitrogens with zero attached hydrogens (tertiary/aromatic N) is 2. The minimum absolute atomic E-state index is 0.609.